The average molecular weight is 700 g/mol. The van der Waals surface area contributed by atoms with E-state index in [2.05, 4.69) is 229 Å². The van der Waals surface area contributed by atoms with E-state index in [1.165, 1.54) is 76.8 Å². The predicted molar refractivity (Wildman–Crippen MR) is 235 cm³/mol. The fourth-order valence-electron chi connectivity index (χ4n) is 8.21. The molecule has 0 atom stereocenters. The van der Waals surface area contributed by atoms with Gasteiger partial charge in [-0.05, 0) is 119 Å². The highest BCUT2D eigenvalue weighted by atomic mass is 15.1. The fraction of sp³-hybridized carbons (Fsp3) is 0. The van der Waals surface area contributed by atoms with E-state index >= 15 is 0 Å². The van der Waals surface area contributed by atoms with Gasteiger partial charge in [-0.15, -0.1) is 0 Å². The lowest BCUT2D eigenvalue weighted by Crippen LogP contribution is -2.10. The monoisotopic (exact) mass is 699 g/mol. The van der Waals surface area contributed by atoms with E-state index in [9.17, 15) is 0 Å². The van der Waals surface area contributed by atoms with Crippen LogP contribution in [0.5, 0.6) is 0 Å². The minimum atomic E-state index is 1.10. The third-order valence-corrected chi connectivity index (χ3v) is 10.9. The summed E-state index contributed by atoms with van der Waals surface area (Å²) in [6.07, 6.45) is 0. The first-order chi connectivity index (χ1) is 27.3. The van der Waals surface area contributed by atoms with Crippen LogP contribution < -0.4 is 4.90 Å². The summed E-state index contributed by atoms with van der Waals surface area (Å²) in [5, 5.41) is 7.56. The minimum Gasteiger partial charge on any atom is -0.310 e. The van der Waals surface area contributed by atoms with Crippen molar-refractivity contribution >= 4 is 49.4 Å². The molecule has 1 heteroatoms. The fourth-order valence-corrected chi connectivity index (χ4v) is 8.21. The summed E-state index contributed by atoms with van der Waals surface area (Å²) in [5.41, 5.74) is 13.0. The third kappa shape index (κ3) is 6.02. The molecule has 0 radical (unpaired) electrons. The second kappa shape index (κ2) is 14.0. The summed E-state index contributed by atoms with van der Waals surface area (Å²) in [6.45, 7) is 0. The van der Waals surface area contributed by atoms with Crippen LogP contribution in [0.25, 0.3) is 76.8 Å². The summed E-state index contributed by atoms with van der Waals surface area (Å²) in [5.74, 6) is 0. The summed E-state index contributed by atoms with van der Waals surface area (Å²) < 4.78 is 0. The number of fused-ring (bicyclic) bond motifs is 4. The van der Waals surface area contributed by atoms with Crippen molar-refractivity contribution in [2.75, 3.05) is 4.90 Å². The zero-order valence-electron chi connectivity index (χ0n) is 30.3. The van der Waals surface area contributed by atoms with Gasteiger partial charge in [0, 0.05) is 17.1 Å². The van der Waals surface area contributed by atoms with Gasteiger partial charge in [0.05, 0.1) is 0 Å². The molecular weight excluding hydrogens is 663 g/mol. The van der Waals surface area contributed by atoms with Crippen LogP contribution in [0.4, 0.5) is 17.1 Å². The lowest BCUT2D eigenvalue weighted by molar-refractivity contribution is 1.28. The number of nitrogens with zero attached hydrogens (tertiary/aromatic N) is 1. The smallest absolute Gasteiger partial charge is 0.0467 e. The van der Waals surface area contributed by atoms with Gasteiger partial charge in [0.2, 0.25) is 0 Å². The first kappa shape index (κ1) is 32.4. The minimum absolute atomic E-state index is 1.10. The predicted octanol–water partition coefficient (Wildman–Crippen LogP) is 15.3. The molecule has 0 N–H and O–H groups in total. The van der Waals surface area contributed by atoms with Gasteiger partial charge in [-0.2, -0.15) is 0 Å². The van der Waals surface area contributed by atoms with Gasteiger partial charge < -0.3 is 4.90 Å². The largest absolute Gasteiger partial charge is 0.310 e. The summed E-state index contributed by atoms with van der Waals surface area (Å²) in [4.78, 5) is 2.38. The lowest BCUT2D eigenvalue weighted by Gasteiger charge is -2.27. The summed E-state index contributed by atoms with van der Waals surface area (Å²) in [7, 11) is 0. The van der Waals surface area contributed by atoms with Crippen LogP contribution in [0.2, 0.25) is 0 Å². The molecule has 10 rings (SSSR count). The Bertz CT molecular complexity index is 2950. The first-order valence-electron chi connectivity index (χ1n) is 18.9. The van der Waals surface area contributed by atoms with Crippen molar-refractivity contribution in [2.45, 2.75) is 0 Å². The highest BCUT2D eigenvalue weighted by Crippen LogP contribution is 2.42. The Labute approximate surface area is 322 Å². The molecular formula is C54H37N. The van der Waals surface area contributed by atoms with Crippen molar-refractivity contribution in [3.63, 3.8) is 0 Å². The van der Waals surface area contributed by atoms with E-state index in [1.807, 2.05) is 0 Å². The standard InChI is InChI=1S/C54H37N/c1-2-14-38(15-3-1)47-22-8-9-23-49(47)40-28-32-44(33-29-40)55(45-34-30-41(31-35-45)50-27-13-18-39-16-4-6-21-48(39)50)46-20-12-19-42(36-46)54-37-43-17-5-7-24-51(43)52-25-10-11-26-53(52)54/h1-37H. The second-order valence-corrected chi connectivity index (χ2v) is 14.1. The summed E-state index contributed by atoms with van der Waals surface area (Å²) >= 11 is 0. The Morgan fingerprint density at radius 3 is 1.40 bits per heavy atom. The molecule has 0 spiro atoms. The van der Waals surface area contributed by atoms with Crippen LogP contribution in [0.3, 0.4) is 0 Å². The Balaban J connectivity index is 1.10. The van der Waals surface area contributed by atoms with E-state index in [1.54, 1.807) is 0 Å². The first-order valence-corrected chi connectivity index (χ1v) is 18.9. The van der Waals surface area contributed by atoms with Crippen LogP contribution in [-0.4, -0.2) is 0 Å². The zero-order valence-corrected chi connectivity index (χ0v) is 30.3. The number of rotatable bonds is 7. The van der Waals surface area contributed by atoms with Gasteiger partial charge in [-0.25, -0.2) is 0 Å². The molecule has 0 amide bonds. The Hall–Kier alpha value is -7.22. The molecule has 0 saturated heterocycles. The molecule has 0 aliphatic carbocycles. The topological polar surface area (TPSA) is 3.24 Å². The van der Waals surface area contributed by atoms with Crippen LogP contribution in [0, 0.1) is 0 Å². The Kier molecular flexibility index (Phi) is 8.24. The SMILES string of the molecule is c1ccc(-c2ccccc2-c2ccc(N(c3ccc(-c4cccc5ccccc45)cc3)c3cccc(-c4cc5ccccc5c5ccccc45)c3)cc2)cc1. The third-order valence-electron chi connectivity index (χ3n) is 10.9. The molecule has 0 aliphatic heterocycles. The Morgan fingerprint density at radius 2 is 0.691 bits per heavy atom. The van der Waals surface area contributed by atoms with Crippen LogP contribution in [0.15, 0.2) is 224 Å². The van der Waals surface area contributed by atoms with Gasteiger partial charge in [0.25, 0.3) is 0 Å². The normalized spacial score (nSPS) is 11.3. The van der Waals surface area contributed by atoms with Crippen molar-refractivity contribution in [3.05, 3.63) is 224 Å². The van der Waals surface area contributed by atoms with Gasteiger partial charge in [0.1, 0.15) is 0 Å². The van der Waals surface area contributed by atoms with Crippen molar-refractivity contribution in [3.8, 4) is 44.5 Å². The van der Waals surface area contributed by atoms with Gasteiger partial charge in [-0.1, -0.05) is 182 Å². The maximum atomic E-state index is 2.38. The van der Waals surface area contributed by atoms with Crippen LogP contribution in [0.1, 0.15) is 0 Å². The van der Waals surface area contributed by atoms with Gasteiger partial charge >= 0.3 is 0 Å². The van der Waals surface area contributed by atoms with Crippen LogP contribution in [-0.2, 0) is 0 Å². The van der Waals surface area contributed by atoms with E-state index in [4.69, 9.17) is 0 Å². The second-order valence-electron chi connectivity index (χ2n) is 14.1. The van der Waals surface area contributed by atoms with Gasteiger partial charge in [-0.3, -0.25) is 0 Å². The molecule has 0 unspecified atom stereocenters. The van der Waals surface area contributed by atoms with E-state index in [0.717, 1.165) is 17.1 Å². The Morgan fingerprint density at radius 1 is 0.218 bits per heavy atom. The molecule has 1 nitrogen and oxygen atoms in total. The molecule has 0 heterocycles. The van der Waals surface area contributed by atoms with Crippen molar-refractivity contribution in [1.29, 1.82) is 0 Å². The summed E-state index contributed by atoms with van der Waals surface area (Å²) in [6, 6.07) is 81.4. The molecule has 0 fully saturated rings. The van der Waals surface area contributed by atoms with Crippen molar-refractivity contribution in [1.82, 2.24) is 0 Å². The van der Waals surface area contributed by atoms with Crippen molar-refractivity contribution in [2.24, 2.45) is 0 Å². The van der Waals surface area contributed by atoms with Crippen LogP contribution >= 0.6 is 0 Å². The molecule has 0 aliphatic rings. The number of anilines is 3. The molecule has 0 bridgehead atoms. The molecule has 258 valence electrons. The molecule has 10 aromatic rings. The number of hydrogen-bond acceptors (Lipinski definition) is 1. The molecule has 55 heavy (non-hydrogen) atoms. The maximum Gasteiger partial charge on any atom is 0.0467 e. The molecule has 0 aromatic heterocycles. The van der Waals surface area contributed by atoms with E-state index in [-0.39, 0.29) is 0 Å². The zero-order chi connectivity index (χ0) is 36.6. The highest BCUT2D eigenvalue weighted by molar-refractivity contribution is 6.14. The molecule has 0 saturated carbocycles. The quantitative estimate of drug-likeness (QED) is 0.150. The maximum absolute atomic E-state index is 2.38. The van der Waals surface area contributed by atoms with E-state index in [0.29, 0.717) is 0 Å². The average Bonchev–Trinajstić information content (AvgIpc) is 3.27. The van der Waals surface area contributed by atoms with Crippen molar-refractivity contribution < 1.29 is 0 Å². The number of benzene rings is 10. The molecule has 10 aromatic carbocycles. The lowest BCUT2D eigenvalue weighted by atomic mass is 9.93. The van der Waals surface area contributed by atoms with E-state index < -0.39 is 0 Å². The highest BCUT2D eigenvalue weighted by Gasteiger charge is 2.17. The van der Waals surface area contributed by atoms with Gasteiger partial charge in [0.15, 0.2) is 0 Å². The number of hydrogen-bond donors (Lipinski definition) is 0.